The third kappa shape index (κ3) is 2.58. The van der Waals surface area contributed by atoms with E-state index < -0.39 is 5.91 Å². The minimum atomic E-state index is -0.511. The van der Waals surface area contributed by atoms with E-state index >= 15 is 0 Å². The molecule has 1 aliphatic rings. The molecule has 0 spiro atoms. The van der Waals surface area contributed by atoms with Crippen LogP contribution in [0, 0.1) is 0 Å². The molecule has 3 aromatic rings. The molecule has 0 unspecified atom stereocenters. The van der Waals surface area contributed by atoms with E-state index in [9.17, 15) is 4.79 Å². The lowest BCUT2D eigenvalue weighted by atomic mass is 9.94. The molecule has 0 fully saturated rings. The predicted octanol–water partition coefficient (Wildman–Crippen LogP) is 2.50. The zero-order chi connectivity index (χ0) is 16.5. The van der Waals surface area contributed by atoms with Gasteiger partial charge in [0.05, 0.1) is 5.69 Å². The number of hydrogen-bond acceptors (Lipinski definition) is 4. The number of benzene rings is 2. The molecular formula is C18H15N3O3. The smallest absolute Gasteiger partial charge is 0.255 e. The summed E-state index contributed by atoms with van der Waals surface area (Å²) in [5.74, 6) is 0.773. The van der Waals surface area contributed by atoms with Crippen molar-refractivity contribution in [3.63, 3.8) is 0 Å². The van der Waals surface area contributed by atoms with Gasteiger partial charge in [-0.05, 0) is 35.4 Å². The lowest BCUT2D eigenvalue weighted by Gasteiger charge is -2.22. The van der Waals surface area contributed by atoms with Crippen LogP contribution in [0.4, 0.5) is 0 Å². The molecule has 0 atom stereocenters. The molecule has 1 aliphatic heterocycles. The van der Waals surface area contributed by atoms with Crippen molar-refractivity contribution in [1.82, 2.24) is 10.2 Å². The third-order valence-corrected chi connectivity index (χ3v) is 3.93. The number of fused-ring (bicyclic) bond motifs is 3. The highest BCUT2D eigenvalue weighted by atomic mass is 16.5. The van der Waals surface area contributed by atoms with Crippen molar-refractivity contribution in [3.8, 4) is 33.9 Å². The van der Waals surface area contributed by atoms with Crippen LogP contribution in [0.1, 0.15) is 5.56 Å². The maximum absolute atomic E-state index is 10.8. The third-order valence-electron chi connectivity index (χ3n) is 3.93. The summed E-state index contributed by atoms with van der Waals surface area (Å²) in [6.07, 6.45) is 1.73. The molecule has 24 heavy (non-hydrogen) atoms. The van der Waals surface area contributed by atoms with Crippen molar-refractivity contribution in [2.75, 3.05) is 6.61 Å². The second-order valence-corrected chi connectivity index (χ2v) is 5.54. The van der Waals surface area contributed by atoms with E-state index in [-0.39, 0.29) is 6.61 Å². The molecule has 120 valence electrons. The van der Waals surface area contributed by atoms with Crippen molar-refractivity contribution >= 4 is 5.91 Å². The molecule has 0 saturated carbocycles. The van der Waals surface area contributed by atoms with Crippen LogP contribution in [0.5, 0.6) is 11.5 Å². The lowest BCUT2D eigenvalue weighted by Crippen LogP contribution is -2.20. The van der Waals surface area contributed by atoms with E-state index in [1.807, 2.05) is 24.3 Å². The molecule has 2 aromatic carbocycles. The molecule has 6 nitrogen and oxygen atoms in total. The van der Waals surface area contributed by atoms with Crippen molar-refractivity contribution in [2.24, 2.45) is 5.73 Å². The highest BCUT2D eigenvalue weighted by molar-refractivity contribution is 5.80. The van der Waals surface area contributed by atoms with Crippen LogP contribution < -0.4 is 15.2 Å². The molecule has 0 radical (unpaired) electrons. The summed E-state index contributed by atoms with van der Waals surface area (Å²) in [6.45, 7) is 0.338. The molecule has 1 amide bonds. The minimum Gasteiger partial charge on any atom is -0.488 e. The van der Waals surface area contributed by atoms with Gasteiger partial charge in [-0.15, -0.1) is 0 Å². The first kappa shape index (κ1) is 14.3. The van der Waals surface area contributed by atoms with E-state index in [0.717, 1.165) is 33.7 Å². The highest BCUT2D eigenvalue weighted by Gasteiger charge is 2.19. The number of rotatable bonds is 4. The number of aromatic nitrogens is 2. The number of primary amides is 1. The fourth-order valence-corrected chi connectivity index (χ4v) is 2.78. The Kier molecular flexibility index (Phi) is 3.42. The summed E-state index contributed by atoms with van der Waals surface area (Å²) in [5.41, 5.74) is 10.4. The van der Waals surface area contributed by atoms with Gasteiger partial charge in [0.1, 0.15) is 18.1 Å². The quantitative estimate of drug-likeness (QED) is 0.772. The van der Waals surface area contributed by atoms with Gasteiger partial charge in [-0.25, -0.2) is 0 Å². The number of ether oxygens (including phenoxy) is 2. The molecule has 2 heterocycles. The van der Waals surface area contributed by atoms with Crippen molar-refractivity contribution in [2.45, 2.75) is 6.61 Å². The van der Waals surface area contributed by atoms with Gasteiger partial charge in [0.15, 0.2) is 6.61 Å². The summed E-state index contributed by atoms with van der Waals surface area (Å²) in [7, 11) is 0. The maximum Gasteiger partial charge on any atom is 0.255 e. The number of nitrogens with two attached hydrogens (primary N) is 1. The molecule has 0 saturated heterocycles. The van der Waals surface area contributed by atoms with Gasteiger partial charge < -0.3 is 15.2 Å². The number of carbonyl (C=O) groups is 1. The minimum absolute atomic E-state index is 0.153. The van der Waals surface area contributed by atoms with E-state index in [0.29, 0.717) is 12.4 Å². The van der Waals surface area contributed by atoms with Crippen LogP contribution in [0.3, 0.4) is 0 Å². The van der Waals surface area contributed by atoms with Gasteiger partial charge in [-0.2, -0.15) is 5.10 Å². The van der Waals surface area contributed by atoms with E-state index in [4.69, 9.17) is 15.2 Å². The van der Waals surface area contributed by atoms with Crippen LogP contribution in [-0.4, -0.2) is 22.7 Å². The number of amides is 1. The average molecular weight is 321 g/mol. The average Bonchev–Trinajstić information content (AvgIpc) is 3.13. The summed E-state index contributed by atoms with van der Waals surface area (Å²) in [6, 6.07) is 13.7. The summed E-state index contributed by atoms with van der Waals surface area (Å²) in [4.78, 5) is 10.8. The Hall–Kier alpha value is -3.28. The van der Waals surface area contributed by atoms with Crippen LogP contribution in [-0.2, 0) is 11.4 Å². The Morgan fingerprint density at radius 2 is 2.12 bits per heavy atom. The SMILES string of the molecule is NC(=O)COc1ccc2c(c1)OCc1ccc(-c3ccn[nH]3)cc1-2. The maximum atomic E-state index is 10.8. The van der Waals surface area contributed by atoms with Crippen molar-refractivity contribution in [3.05, 3.63) is 54.2 Å². The largest absolute Gasteiger partial charge is 0.488 e. The first-order valence-corrected chi connectivity index (χ1v) is 7.52. The number of nitrogens with one attached hydrogen (secondary N) is 1. The van der Waals surface area contributed by atoms with Crippen molar-refractivity contribution < 1.29 is 14.3 Å². The molecule has 3 N–H and O–H groups in total. The monoisotopic (exact) mass is 321 g/mol. The normalized spacial score (nSPS) is 12.0. The second kappa shape index (κ2) is 5.73. The van der Waals surface area contributed by atoms with Crippen LogP contribution in [0.2, 0.25) is 0 Å². The number of carbonyl (C=O) groups excluding carboxylic acids is 1. The number of aromatic amines is 1. The molecule has 6 heteroatoms. The number of nitrogens with zero attached hydrogens (tertiary/aromatic N) is 1. The molecule has 1 aromatic heterocycles. The predicted molar refractivity (Wildman–Crippen MR) is 88.5 cm³/mol. The van der Waals surface area contributed by atoms with Gasteiger partial charge in [0.25, 0.3) is 5.91 Å². The second-order valence-electron chi connectivity index (χ2n) is 5.54. The Morgan fingerprint density at radius 3 is 2.92 bits per heavy atom. The Morgan fingerprint density at radius 1 is 1.21 bits per heavy atom. The van der Waals surface area contributed by atoms with E-state index in [2.05, 4.69) is 22.3 Å². The molecule has 0 bridgehead atoms. The fraction of sp³-hybridized carbons (Fsp3) is 0.111. The summed E-state index contributed by atoms with van der Waals surface area (Å²) in [5, 5.41) is 6.97. The zero-order valence-corrected chi connectivity index (χ0v) is 12.8. The number of H-pyrrole nitrogens is 1. The Labute approximate surface area is 138 Å². The van der Waals surface area contributed by atoms with Crippen LogP contribution in [0.15, 0.2) is 48.7 Å². The highest BCUT2D eigenvalue weighted by Crippen LogP contribution is 2.41. The van der Waals surface area contributed by atoms with Gasteiger partial charge >= 0.3 is 0 Å². The summed E-state index contributed by atoms with van der Waals surface area (Å²) >= 11 is 0. The summed E-state index contributed by atoms with van der Waals surface area (Å²) < 4.78 is 11.1. The molecular weight excluding hydrogens is 306 g/mol. The molecule has 0 aliphatic carbocycles. The first-order chi connectivity index (χ1) is 11.7. The zero-order valence-electron chi connectivity index (χ0n) is 12.8. The molecule has 4 rings (SSSR count). The van der Waals surface area contributed by atoms with Gasteiger partial charge in [0.2, 0.25) is 0 Å². The van der Waals surface area contributed by atoms with Gasteiger partial charge in [0, 0.05) is 23.4 Å². The van der Waals surface area contributed by atoms with E-state index in [1.165, 1.54) is 0 Å². The van der Waals surface area contributed by atoms with Crippen LogP contribution >= 0.6 is 0 Å². The lowest BCUT2D eigenvalue weighted by molar-refractivity contribution is -0.119. The Balaban J connectivity index is 1.71. The van der Waals surface area contributed by atoms with Crippen LogP contribution in [0.25, 0.3) is 22.4 Å². The standard InChI is InChI=1S/C18H15N3O3/c19-18(22)10-23-13-3-4-14-15-7-11(16-5-6-20-21-16)1-2-12(15)9-24-17(14)8-13/h1-8H,9-10H2,(H2,19,22)(H,20,21). The fourth-order valence-electron chi connectivity index (χ4n) is 2.78. The Bertz CT molecular complexity index is 904. The van der Waals surface area contributed by atoms with Crippen molar-refractivity contribution in [1.29, 1.82) is 0 Å². The van der Waals surface area contributed by atoms with Gasteiger partial charge in [-0.1, -0.05) is 12.1 Å². The van der Waals surface area contributed by atoms with E-state index in [1.54, 1.807) is 12.3 Å². The first-order valence-electron chi connectivity index (χ1n) is 7.52. The number of hydrogen-bond donors (Lipinski definition) is 2. The topological polar surface area (TPSA) is 90.2 Å². The van der Waals surface area contributed by atoms with Gasteiger partial charge in [-0.3, -0.25) is 9.89 Å².